The summed E-state index contributed by atoms with van der Waals surface area (Å²) < 4.78 is 8.34. The number of hydrogen-bond acceptors (Lipinski definition) is 4. The molecule has 5 rings (SSSR count). The number of para-hydroxylation sites is 1. The summed E-state index contributed by atoms with van der Waals surface area (Å²) in [6.07, 6.45) is 8.18. The molecule has 0 radical (unpaired) electrons. The molecular weight excluding hydrogens is 408 g/mol. The molecule has 2 atom stereocenters. The van der Waals surface area contributed by atoms with Crippen molar-refractivity contribution in [3.8, 4) is 34.6 Å². The summed E-state index contributed by atoms with van der Waals surface area (Å²) in [5, 5.41) is 4.39. The number of anilines is 1. The lowest BCUT2D eigenvalue weighted by Crippen LogP contribution is -2.21. The molecule has 0 saturated heterocycles. The molecule has 5 heteroatoms. The predicted molar refractivity (Wildman–Crippen MR) is 134 cm³/mol. The summed E-state index contributed by atoms with van der Waals surface area (Å²) in [7, 11) is 0. The van der Waals surface area contributed by atoms with E-state index in [9.17, 15) is 0 Å². The number of rotatable bonds is 5. The van der Waals surface area contributed by atoms with Crippen molar-refractivity contribution in [2.75, 3.05) is 5.73 Å². The molecule has 5 nitrogen and oxygen atoms in total. The summed E-state index contributed by atoms with van der Waals surface area (Å²) in [5.41, 5.74) is 9.70. The third-order valence-corrected chi connectivity index (χ3v) is 6.26. The normalized spacial score (nSPS) is 17.5. The zero-order valence-corrected chi connectivity index (χ0v) is 18.8. The fraction of sp³-hybridized carbons (Fsp3) is 0.250. The van der Waals surface area contributed by atoms with E-state index in [1.165, 1.54) is 0 Å². The number of aromatic nitrogens is 2. The minimum absolute atomic E-state index is 0.407. The molecule has 0 bridgehead atoms. The van der Waals surface area contributed by atoms with E-state index in [0.29, 0.717) is 17.9 Å². The van der Waals surface area contributed by atoms with Gasteiger partial charge in [-0.2, -0.15) is 0 Å². The zero-order valence-electron chi connectivity index (χ0n) is 18.8. The number of ether oxygens (including phenoxy) is 1. The molecule has 4 aromatic rings. The number of fused-ring (bicyclic) bond motifs is 1. The van der Waals surface area contributed by atoms with Crippen LogP contribution in [0.4, 0.5) is 5.82 Å². The second kappa shape index (κ2) is 9.30. The Kier molecular flexibility index (Phi) is 5.91. The van der Waals surface area contributed by atoms with Crippen molar-refractivity contribution in [1.82, 2.24) is 14.9 Å². The van der Waals surface area contributed by atoms with E-state index in [2.05, 4.69) is 58.2 Å². The van der Waals surface area contributed by atoms with Crippen molar-refractivity contribution in [1.29, 1.82) is 0 Å². The first-order chi connectivity index (χ1) is 16.2. The molecule has 3 N–H and O–H groups in total. The average Bonchev–Trinajstić information content (AvgIpc) is 3.46. The topological polar surface area (TPSA) is 65.1 Å². The van der Waals surface area contributed by atoms with Gasteiger partial charge in [0, 0.05) is 47.9 Å². The molecule has 1 aliphatic carbocycles. The van der Waals surface area contributed by atoms with Crippen molar-refractivity contribution in [2.45, 2.75) is 44.7 Å². The van der Waals surface area contributed by atoms with E-state index in [0.717, 1.165) is 59.2 Å². The first kappa shape index (κ1) is 21.0. The van der Waals surface area contributed by atoms with E-state index >= 15 is 0 Å². The quantitative estimate of drug-likeness (QED) is 0.292. The summed E-state index contributed by atoms with van der Waals surface area (Å²) in [6, 6.07) is 24.0. The molecule has 1 aliphatic rings. The zero-order chi connectivity index (χ0) is 22.6. The summed E-state index contributed by atoms with van der Waals surface area (Å²) >= 11 is 0. The number of nitrogens with one attached hydrogen (secondary N) is 1. The maximum absolute atomic E-state index is 6.37. The van der Waals surface area contributed by atoms with Crippen LogP contribution >= 0.6 is 0 Å². The van der Waals surface area contributed by atoms with Crippen LogP contribution in [0.3, 0.4) is 0 Å². The Labute approximate surface area is 194 Å². The van der Waals surface area contributed by atoms with Crippen LogP contribution in [0.15, 0.2) is 73.1 Å². The van der Waals surface area contributed by atoms with E-state index < -0.39 is 0 Å². The van der Waals surface area contributed by atoms with Gasteiger partial charge in [0.25, 0.3) is 0 Å². The molecule has 2 aromatic heterocycles. The lowest BCUT2D eigenvalue weighted by molar-refractivity contribution is 0.483. The second-order valence-electron chi connectivity index (χ2n) is 8.44. The number of pyridine rings is 1. The Bertz CT molecular complexity index is 1300. The molecular formula is C28H28N4O. The van der Waals surface area contributed by atoms with Crippen molar-refractivity contribution in [2.24, 2.45) is 0 Å². The van der Waals surface area contributed by atoms with Crippen LogP contribution < -0.4 is 15.8 Å². The van der Waals surface area contributed by atoms with Gasteiger partial charge in [0.2, 0.25) is 0 Å². The van der Waals surface area contributed by atoms with Gasteiger partial charge >= 0.3 is 0 Å². The van der Waals surface area contributed by atoms with Gasteiger partial charge in [-0.3, -0.25) is 0 Å². The van der Waals surface area contributed by atoms with Crippen molar-refractivity contribution in [3.05, 3.63) is 73.1 Å². The van der Waals surface area contributed by atoms with Crippen LogP contribution in [0.5, 0.6) is 11.5 Å². The van der Waals surface area contributed by atoms with Crippen LogP contribution in [0.25, 0.3) is 22.0 Å². The Balaban J connectivity index is 1.44. The van der Waals surface area contributed by atoms with Gasteiger partial charge in [0.05, 0.1) is 5.52 Å². The molecule has 0 amide bonds. The third-order valence-electron chi connectivity index (χ3n) is 6.26. The number of nitrogen functional groups attached to an aromatic ring is 1. The minimum atomic E-state index is 0.407. The van der Waals surface area contributed by atoms with Gasteiger partial charge in [-0.15, -0.1) is 0 Å². The predicted octanol–water partition coefficient (Wildman–Crippen LogP) is 6.13. The molecule has 2 unspecified atom stereocenters. The van der Waals surface area contributed by atoms with E-state index in [1.54, 1.807) is 6.20 Å². The van der Waals surface area contributed by atoms with Crippen LogP contribution in [0.1, 0.15) is 38.6 Å². The van der Waals surface area contributed by atoms with Crippen molar-refractivity contribution < 1.29 is 4.74 Å². The average molecular weight is 437 g/mol. The fourth-order valence-corrected chi connectivity index (χ4v) is 4.66. The maximum atomic E-state index is 6.37. The molecule has 33 heavy (non-hydrogen) atoms. The molecule has 166 valence electrons. The Morgan fingerprint density at radius 2 is 1.85 bits per heavy atom. The van der Waals surface area contributed by atoms with Crippen LogP contribution in [0, 0.1) is 12.0 Å². The first-order valence-electron chi connectivity index (χ1n) is 11.5. The van der Waals surface area contributed by atoms with Gasteiger partial charge < -0.3 is 20.4 Å². The lowest BCUT2D eigenvalue weighted by Gasteiger charge is -2.14. The fourth-order valence-electron chi connectivity index (χ4n) is 4.66. The highest BCUT2D eigenvalue weighted by Crippen LogP contribution is 2.40. The van der Waals surface area contributed by atoms with E-state index in [4.69, 9.17) is 10.5 Å². The Hall–Kier alpha value is -3.91. The van der Waals surface area contributed by atoms with E-state index in [-0.39, 0.29) is 0 Å². The SMILES string of the molecule is CCC#CNC1CCC(n2cc(-c3ccc(Oc4ccccc4)cc3)c3c(N)nccc32)C1. The Morgan fingerprint density at radius 3 is 2.64 bits per heavy atom. The summed E-state index contributed by atoms with van der Waals surface area (Å²) in [5.74, 6) is 5.30. The third kappa shape index (κ3) is 4.38. The highest BCUT2D eigenvalue weighted by molar-refractivity contribution is 6.02. The first-order valence-corrected chi connectivity index (χ1v) is 11.5. The van der Waals surface area contributed by atoms with Crippen molar-refractivity contribution in [3.63, 3.8) is 0 Å². The number of benzene rings is 2. The molecule has 0 spiro atoms. The highest BCUT2D eigenvalue weighted by Gasteiger charge is 2.27. The van der Waals surface area contributed by atoms with Crippen LogP contribution in [-0.2, 0) is 0 Å². The molecule has 1 saturated carbocycles. The van der Waals surface area contributed by atoms with Crippen LogP contribution in [0.2, 0.25) is 0 Å². The van der Waals surface area contributed by atoms with E-state index in [1.807, 2.05) is 42.5 Å². The Morgan fingerprint density at radius 1 is 1.06 bits per heavy atom. The lowest BCUT2D eigenvalue weighted by atomic mass is 10.1. The molecule has 1 fully saturated rings. The number of hydrogen-bond donors (Lipinski definition) is 2. The number of nitrogens with two attached hydrogens (primary N) is 1. The largest absolute Gasteiger partial charge is 0.457 e. The summed E-state index contributed by atoms with van der Waals surface area (Å²) in [4.78, 5) is 4.38. The minimum Gasteiger partial charge on any atom is -0.457 e. The van der Waals surface area contributed by atoms with Crippen molar-refractivity contribution >= 4 is 16.7 Å². The molecule has 0 aliphatic heterocycles. The second-order valence-corrected chi connectivity index (χ2v) is 8.44. The van der Waals surface area contributed by atoms with Crippen LogP contribution in [-0.4, -0.2) is 15.6 Å². The van der Waals surface area contributed by atoms with Gasteiger partial charge in [0.15, 0.2) is 0 Å². The monoisotopic (exact) mass is 436 g/mol. The highest BCUT2D eigenvalue weighted by atomic mass is 16.5. The summed E-state index contributed by atoms with van der Waals surface area (Å²) in [6.45, 7) is 2.07. The van der Waals surface area contributed by atoms with Gasteiger partial charge in [-0.05, 0) is 55.2 Å². The van der Waals surface area contributed by atoms with Gasteiger partial charge in [0.1, 0.15) is 17.3 Å². The number of nitrogens with zero attached hydrogens (tertiary/aromatic N) is 2. The van der Waals surface area contributed by atoms with Gasteiger partial charge in [-0.25, -0.2) is 4.98 Å². The molecule has 2 aromatic carbocycles. The smallest absolute Gasteiger partial charge is 0.133 e. The standard InChI is InChI=1S/C28H28N4O/c1-2-3-16-30-21-11-12-22(18-21)32-19-25(27-26(32)15-17-31-28(27)29)20-9-13-24(14-10-20)33-23-7-5-4-6-8-23/h4-10,13-15,17,19,21-22,30H,2,11-12,18H2,1H3,(H2,29,31). The maximum Gasteiger partial charge on any atom is 0.133 e. The van der Waals surface area contributed by atoms with Gasteiger partial charge in [-0.1, -0.05) is 43.2 Å². The molecule has 2 heterocycles.